The van der Waals surface area contributed by atoms with Crippen LogP contribution in [-0.2, 0) is 16.1 Å². The third-order valence-corrected chi connectivity index (χ3v) is 3.77. The van der Waals surface area contributed by atoms with Crippen LogP contribution in [0.4, 0.5) is 0 Å². The lowest BCUT2D eigenvalue weighted by atomic mass is 10.2. The van der Waals surface area contributed by atoms with Gasteiger partial charge in [-0.15, -0.1) is 0 Å². The van der Waals surface area contributed by atoms with Crippen LogP contribution in [0, 0.1) is 0 Å². The second-order valence-corrected chi connectivity index (χ2v) is 5.58. The summed E-state index contributed by atoms with van der Waals surface area (Å²) in [6, 6.07) is 15.4. The molecule has 3 rings (SSSR count). The van der Waals surface area contributed by atoms with E-state index < -0.39 is 18.0 Å². The molecule has 7 nitrogen and oxygen atoms in total. The summed E-state index contributed by atoms with van der Waals surface area (Å²) in [6.45, 7) is 0.268. The number of esters is 1. The molecule has 0 saturated heterocycles. The second-order valence-electron chi connectivity index (χ2n) is 5.58. The zero-order valence-corrected chi connectivity index (χ0v) is 14.6. The van der Waals surface area contributed by atoms with Crippen molar-refractivity contribution >= 4 is 11.9 Å². The van der Waals surface area contributed by atoms with Gasteiger partial charge < -0.3 is 19.2 Å². The molecule has 2 heterocycles. The maximum Gasteiger partial charge on any atom is 0.375 e. The molecule has 0 aliphatic carbocycles. The predicted octanol–water partition coefficient (Wildman–Crippen LogP) is 2.90. The summed E-state index contributed by atoms with van der Waals surface area (Å²) >= 11 is 0. The van der Waals surface area contributed by atoms with Crippen LogP contribution in [0.5, 0.6) is 5.75 Å². The molecule has 27 heavy (non-hydrogen) atoms. The number of nitrogens with one attached hydrogen (secondary N) is 1. The molecule has 0 fully saturated rings. The van der Waals surface area contributed by atoms with E-state index in [4.69, 9.17) is 13.9 Å². The molecular formula is C20H18N2O5. The number of carbonyl (C=O) groups excluding carboxylic acids is 2. The molecule has 138 valence electrons. The third-order valence-electron chi connectivity index (χ3n) is 3.77. The summed E-state index contributed by atoms with van der Waals surface area (Å²) in [4.78, 5) is 29.0. The first kappa shape index (κ1) is 18.2. The summed E-state index contributed by atoms with van der Waals surface area (Å²) in [6.07, 6.45) is 1.69. The molecule has 1 aromatic carbocycles. The van der Waals surface area contributed by atoms with Crippen molar-refractivity contribution in [2.45, 2.75) is 12.6 Å². The minimum Gasteiger partial charge on any atom is -0.497 e. The Bertz CT molecular complexity index is 877. The zero-order chi connectivity index (χ0) is 19.1. The van der Waals surface area contributed by atoms with Crippen molar-refractivity contribution in [3.8, 4) is 5.75 Å². The van der Waals surface area contributed by atoms with Gasteiger partial charge in [0.15, 0.2) is 0 Å². The number of furan rings is 1. The summed E-state index contributed by atoms with van der Waals surface area (Å²) in [5.41, 5.74) is 1.20. The van der Waals surface area contributed by atoms with Crippen molar-refractivity contribution in [1.82, 2.24) is 10.3 Å². The van der Waals surface area contributed by atoms with Crippen LogP contribution < -0.4 is 10.1 Å². The Morgan fingerprint density at radius 3 is 2.56 bits per heavy atom. The highest BCUT2D eigenvalue weighted by Gasteiger charge is 2.27. The molecule has 2 aromatic heterocycles. The van der Waals surface area contributed by atoms with Crippen LogP contribution >= 0.6 is 0 Å². The van der Waals surface area contributed by atoms with Crippen molar-refractivity contribution in [3.63, 3.8) is 0 Å². The summed E-state index contributed by atoms with van der Waals surface area (Å²) in [5, 5.41) is 2.76. The molecular weight excluding hydrogens is 348 g/mol. The van der Waals surface area contributed by atoms with Gasteiger partial charge in [-0.3, -0.25) is 9.78 Å². The van der Waals surface area contributed by atoms with Crippen LogP contribution in [0.3, 0.4) is 0 Å². The van der Waals surface area contributed by atoms with Gasteiger partial charge in [-0.2, -0.15) is 0 Å². The van der Waals surface area contributed by atoms with Gasteiger partial charge in [0.1, 0.15) is 5.75 Å². The number of pyridine rings is 1. The molecule has 0 saturated carbocycles. The minimum atomic E-state index is -1.19. The fraction of sp³-hybridized carbons (Fsp3) is 0.150. The standard InChI is InChI=1S/C20H18N2O5/c1-25-15-9-7-14(8-10-15)13-22-19(23)18(16-5-2-3-11-21-16)27-20(24)17-6-4-12-26-17/h2-12,18H,13H2,1H3,(H,22,23). The molecule has 0 spiro atoms. The summed E-state index contributed by atoms with van der Waals surface area (Å²) < 4.78 is 15.5. The lowest BCUT2D eigenvalue weighted by Gasteiger charge is -2.16. The van der Waals surface area contributed by atoms with E-state index in [1.165, 1.54) is 18.5 Å². The van der Waals surface area contributed by atoms with Crippen molar-refractivity contribution in [1.29, 1.82) is 0 Å². The molecule has 1 atom stereocenters. The van der Waals surface area contributed by atoms with Crippen molar-refractivity contribution < 1.29 is 23.5 Å². The fourth-order valence-corrected chi connectivity index (χ4v) is 2.36. The number of carbonyl (C=O) groups is 2. The van der Waals surface area contributed by atoms with Crippen LogP contribution in [0.25, 0.3) is 0 Å². The molecule has 0 bridgehead atoms. The van der Waals surface area contributed by atoms with Crippen LogP contribution in [0.1, 0.15) is 27.9 Å². The van der Waals surface area contributed by atoms with Gasteiger partial charge in [-0.25, -0.2) is 4.79 Å². The van der Waals surface area contributed by atoms with Gasteiger partial charge in [-0.1, -0.05) is 18.2 Å². The first-order chi connectivity index (χ1) is 13.2. The number of hydrogen-bond donors (Lipinski definition) is 1. The highest BCUT2D eigenvalue weighted by Crippen LogP contribution is 2.18. The average molecular weight is 366 g/mol. The zero-order valence-electron chi connectivity index (χ0n) is 14.6. The number of nitrogens with zero attached hydrogens (tertiary/aromatic N) is 1. The van der Waals surface area contributed by atoms with E-state index >= 15 is 0 Å². The van der Waals surface area contributed by atoms with E-state index in [1.807, 2.05) is 12.1 Å². The SMILES string of the molecule is COc1ccc(CNC(=O)C(OC(=O)c2ccco2)c2ccccn2)cc1. The van der Waals surface area contributed by atoms with Gasteiger partial charge in [0.05, 0.1) is 19.1 Å². The van der Waals surface area contributed by atoms with Gasteiger partial charge >= 0.3 is 5.97 Å². The number of benzene rings is 1. The average Bonchev–Trinajstić information content (AvgIpc) is 3.26. The molecule has 0 aliphatic rings. The topological polar surface area (TPSA) is 90.7 Å². The maximum atomic E-state index is 12.7. The molecule has 1 amide bonds. The quantitative estimate of drug-likeness (QED) is 0.647. The Labute approximate surface area is 155 Å². The molecule has 0 aliphatic heterocycles. The van der Waals surface area contributed by atoms with Gasteiger partial charge in [0.2, 0.25) is 11.9 Å². The molecule has 7 heteroatoms. The Morgan fingerprint density at radius 2 is 1.93 bits per heavy atom. The Morgan fingerprint density at radius 1 is 1.11 bits per heavy atom. The van der Waals surface area contributed by atoms with Gasteiger partial charge in [-0.05, 0) is 42.0 Å². The fourth-order valence-electron chi connectivity index (χ4n) is 2.36. The van der Waals surface area contributed by atoms with Crippen LogP contribution in [0.15, 0.2) is 71.5 Å². The molecule has 1 N–H and O–H groups in total. The Hall–Kier alpha value is -3.61. The number of rotatable bonds is 7. The molecule has 3 aromatic rings. The van der Waals surface area contributed by atoms with Crippen LogP contribution in [0.2, 0.25) is 0 Å². The minimum absolute atomic E-state index is 0.0129. The van der Waals surface area contributed by atoms with E-state index in [0.717, 1.165) is 11.3 Å². The number of amides is 1. The van der Waals surface area contributed by atoms with Crippen LogP contribution in [-0.4, -0.2) is 24.0 Å². The molecule has 0 radical (unpaired) electrons. The van der Waals surface area contributed by atoms with Gasteiger partial charge in [0.25, 0.3) is 5.91 Å². The first-order valence-corrected chi connectivity index (χ1v) is 8.23. The monoisotopic (exact) mass is 366 g/mol. The Kier molecular flexibility index (Phi) is 5.84. The van der Waals surface area contributed by atoms with E-state index in [2.05, 4.69) is 10.3 Å². The molecule has 1 unspecified atom stereocenters. The lowest BCUT2D eigenvalue weighted by Crippen LogP contribution is -2.32. The number of aromatic nitrogens is 1. The van der Waals surface area contributed by atoms with Crippen molar-refractivity contribution in [2.24, 2.45) is 0 Å². The van der Waals surface area contributed by atoms with E-state index in [-0.39, 0.29) is 12.3 Å². The highest BCUT2D eigenvalue weighted by molar-refractivity contribution is 5.90. The van der Waals surface area contributed by atoms with E-state index in [1.54, 1.807) is 43.5 Å². The first-order valence-electron chi connectivity index (χ1n) is 8.23. The summed E-state index contributed by atoms with van der Waals surface area (Å²) in [5.74, 6) is -0.484. The lowest BCUT2D eigenvalue weighted by molar-refractivity contribution is -0.130. The van der Waals surface area contributed by atoms with E-state index in [0.29, 0.717) is 5.69 Å². The Balaban J connectivity index is 1.71. The van der Waals surface area contributed by atoms with Crippen molar-refractivity contribution in [3.05, 3.63) is 84.1 Å². The second kappa shape index (κ2) is 8.66. The predicted molar refractivity (Wildman–Crippen MR) is 95.9 cm³/mol. The van der Waals surface area contributed by atoms with Gasteiger partial charge in [0, 0.05) is 12.7 Å². The van der Waals surface area contributed by atoms with Crippen molar-refractivity contribution in [2.75, 3.05) is 7.11 Å². The number of methoxy groups -OCH3 is 1. The number of hydrogen-bond acceptors (Lipinski definition) is 6. The highest BCUT2D eigenvalue weighted by atomic mass is 16.6. The third kappa shape index (κ3) is 4.72. The smallest absolute Gasteiger partial charge is 0.375 e. The normalized spacial score (nSPS) is 11.4. The maximum absolute atomic E-state index is 12.7. The number of ether oxygens (including phenoxy) is 2. The largest absolute Gasteiger partial charge is 0.497 e. The van der Waals surface area contributed by atoms with E-state index in [9.17, 15) is 9.59 Å². The summed E-state index contributed by atoms with van der Waals surface area (Å²) in [7, 11) is 1.58.